The average Bonchev–Trinajstić information content (AvgIpc) is 3.45. The molecule has 38 heavy (non-hydrogen) atoms. The van der Waals surface area contributed by atoms with Crippen molar-refractivity contribution in [3.63, 3.8) is 0 Å². The van der Waals surface area contributed by atoms with Crippen molar-refractivity contribution in [3.05, 3.63) is 77.4 Å². The standard InChI is InChI=1S/C31H30N2O5/c1-36-22-10-12-24-25(18-22)31(35)33-27-13-11-23(37-2)19-26(27)28(29(24)33)30(34)20-6-8-21(9-7-20)38-17-16-32-14-4-3-5-15-32/h6-13,18-19H,3-5,14-17H2,1-2H3. The van der Waals surface area contributed by atoms with Crippen molar-refractivity contribution in [1.82, 2.24) is 9.47 Å². The Morgan fingerprint density at radius 2 is 1.50 bits per heavy atom. The van der Waals surface area contributed by atoms with Gasteiger partial charge in [0.2, 0.25) is 0 Å². The molecule has 1 saturated heterocycles. The molecule has 1 fully saturated rings. The van der Waals surface area contributed by atoms with E-state index in [0.717, 1.165) is 25.4 Å². The summed E-state index contributed by atoms with van der Waals surface area (Å²) in [5.74, 6) is 1.61. The fourth-order valence-corrected chi connectivity index (χ4v) is 5.57. The number of hydrogen-bond donors (Lipinski definition) is 0. The summed E-state index contributed by atoms with van der Waals surface area (Å²) in [5.41, 5.74) is 3.51. The molecule has 7 nitrogen and oxygen atoms in total. The Morgan fingerprint density at radius 1 is 0.816 bits per heavy atom. The van der Waals surface area contributed by atoms with Gasteiger partial charge in [-0.25, -0.2) is 0 Å². The van der Waals surface area contributed by atoms with Crippen LogP contribution in [-0.2, 0) is 0 Å². The van der Waals surface area contributed by atoms with Crippen LogP contribution in [0.15, 0.2) is 60.7 Å². The molecule has 1 aromatic heterocycles. The quantitative estimate of drug-likeness (QED) is 0.260. The molecule has 3 heterocycles. The number of piperidine rings is 1. The fourth-order valence-electron chi connectivity index (χ4n) is 5.57. The molecule has 194 valence electrons. The first-order valence-electron chi connectivity index (χ1n) is 13.0. The van der Waals surface area contributed by atoms with Crippen LogP contribution >= 0.6 is 0 Å². The van der Waals surface area contributed by atoms with E-state index >= 15 is 0 Å². The molecule has 2 aliphatic rings. The topological polar surface area (TPSA) is 70.0 Å². The number of likely N-dealkylation sites (tertiary alicyclic amines) is 1. The van der Waals surface area contributed by atoms with Crippen LogP contribution in [0.5, 0.6) is 17.2 Å². The minimum Gasteiger partial charge on any atom is -0.497 e. The SMILES string of the molecule is COc1ccc2c(c1)C(=O)n1c-2c(C(=O)c2ccc(OCCN3CCCCC3)cc2)c2cc(OC)ccc21. The van der Waals surface area contributed by atoms with E-state index in [0.29, 0.717) is 57.0 Å². The first-order valence-corrected chi connectivity index (χ1v) is 13.0. The normalized spacial score (nSPS) is 14.8. The summed E-state index contributed by atoms with van der Waals surface area (Å²) in [7, 11) is 3.16. The minimum absolute atomic E-state index is 0.159. The van der Waals surface area contributed by atoms with E-state index in [2.05, 4.69) is 4.90 Å². The van der Waals surface area contributed by atoms with Gasteiger partial charge in [-0.05, 0) is 86.6 Å². The Balaban J connectivity index is 1.34. The molecular formula is C31H30N2O5. The number of carbonyl (C=O) groups excluding carboxylic acids is 2. The van der Waals surface area contributed by atoms with E-state index in [9.17, 15) is 9.59 Å². The minimum atomic E-state index is -0.180. The van der Waals surface area contributed by atoms with Gasteiger partial charge in [0.05, 0.1) is 36.6 Å². The molecule has 0 radical (unpaired) electrons. The fraction of sp³-hybridized carbons (Fsp3) is 0.290. The van der Waals surface area contributed by atoms with Gasteiger partial charge in [-0.3, -0.25) is 19.1 Å². The summed E-state index contributed by atoms with van der Waals surface area (Å²) in [5, 5.41) is 0.682. The lowest BCUT2D eigenvalue weighted by Gasteiger charge is -2.26. The van der Waals surface area contributed by atoms with Crippen molar-refractivity contribution in [2.24, 2.45) is 0 Å². The molecule has 6 rings (SSSR count). The molecule has 0 aliphatic carbocycles. The molecule has 3 aromatic carbocycles. The Labute approximate surface area is 221 Å². The Hall–Kier alpha value is -4.10. The monoisotopic (exact) mass is 510 g/mol. The van der Waals surface area contributed by atoms with E-state index in [1.54, 1.807) is 43.1 Å². The highest BCUT2D eigenvalue weighted by Gasteiger charge is 2.35. The molecule has 0 bridgehead atoms. The lowest BCUT2D eigenvalue weighted by molar-refractivity contribution is 0.0973. The molecule has 0 unspecified atom stereocenters. The first-order chi connectivity index (χ1) is 18.6. The van der Waals surface area contributed by atoms with Crippen molar-refractivity contribution >= 4 is 22.6 Å². The zero-order valence-electron chi connectivity index (χ0n) is 21.7. The zero-order valence-corrected chi connectivity index (χ0v) is 21.7. The number of methoxy groups -OCH3 is 2. The van der Waals surface area contributed by atoms with Crippen molar-refractivity contribution in [2.45, 2.75) is 19.3 Å². The van der Waals surface area contributed by atoms with Gasteiger partial charge >= 0.3 is 0 Å². The van der Waals surface area contributed by atoms with Crippen LogP contribution in [0.25, 0.3) is 22.2 Å². The highest BCUT2D eigenvalue weighted by Crippen LogP contribution is 2.44. The number of aromatic nitrogens is 1. The molecule has 0 N–H and O–H groups in total. The van der Waals surface area contributed by atoms with Crippen molar-refractivity contribution in [3.8, 4) is 28.5 Å². The summed E-state index contributed by atoms with van der Waals surface area (Å²) in [4.78, 5) is 29.9. The van der Waals surface area contributed by atoms with Crippen LogP contribution in [0, 0.1) is 0 Å². The predicted molar refractivity (Wildman–Crippen MR) is 146 cm³/mol. The Bertz CT molecular complexity index is 1530. The lowest BCUT2D eigenvalue weighted by atomic mass is 9.95. The highest BCUT2D eigenvalue weighted by molar-refractivity contribution is 6.26. The van der Waals surface area contributed by atoms with Gasteiger partial charge in [0, 0.05) is 23.1 Å². The van der Waals surface area contributed by atoms with Gasteiger partial charge in [0.15, 0.2) is 5.78 Å². The van der Waals surface area contributed by atoms with Gasteiger partial charge in [-0.15, -0.1) is 0 Å². The lowest BCUT2D eigenvalue weighted by Crippen LogP contribution is -2.33. The molecule has 4 aromatic rings. The first kappa shape index (κ1) is 24.2. The molecule has 2 aliphatic heterocycles. The van der Waals surface area contributed by atoms with Crippen LogP contribution in [0.4, 0.5) is 0 Å². The molecular weight excluding hydrogens is 480 g/mol. The summed E-state index contributed by atoms with van der Waals surface area (Å²) in [6.45, 7) is 3.79. The van der Waals surface area contributed by atoms with Crippen LogP contribution in [0.2, 0.25) is 0 Å². The third kappa shape index (κ3) is 4.13. The van der Waals surface area contributed by atoms with Gasteiger partial charge in [-0.2, -0.15) is 0 Å². The molecule has 0 spiro atoms. The molecule has 0 saturated carbocycles. The van der Waals surface area contributed by atoms with Crippen molar-refractivity contribution in [1.29, 1.82) is 0 Å². The van der Waals surface area contributed by atoms with E-state index in [1.807, 2.05) is 36.4 Å². The number of carbonyl (C=O) groups is 2. The smallest absolute Gasteiger partial charge is 0.263 e. The van der Waals surface area contributed by atoms with E-state index in [-0.39, 0.29) is 11.7 Å². The maximum absolute atomic E-state index is 14.0. The number of benzene rings is 3. The van der Waals surface area contributed by atoms with E-state index in [1.165, 1.54) is 19.3 Å². The second-order valence-electron chi connectivity index (χ2n) is 9.76. The summed E-state index contributed by atoms with van der Waals surface area (Å²) in [6.07, 6.45) is 3.82. The average molecular weight is 511 g/mol. The second kappa shape index (κ2) is 9.99. The maximum Gasteiger partial charge on any atom is 0.263 e. The Kier molecular flexibility index (Phi) is 6.37. The van der Waals surface area contributed by atoms with Crippen LogP contribution < -0.4 is 14.2 Å². The van der Waals surface area contributed by atoms with Gasteiger partial charge in [0.1, 0.15) is 23.9 Å². The number of hydrogen-bond acceptors (Lipinski definition) is 6. The molecule has 0 atom stereocenters. The number of ketones is 1. The van der Waals surface area contributed by atoms with Crippen LogP contribution in [-0.4, -0.2) is 61.6 Å². The van der Waals surface area contributed by atoms with E-state index < -0.39 is 0 Å². The number of ether oxygens (including phenoxy) is 3. The van der Waals surface area contributed by atoms with Gasteiger partial charge in [0.25, 0.3) is 5.91 Å². The zero-order chi connectivity index (χ0) is 26.2. The third-order valence-corrected chi connectivity index (χ3v) is 7.56. The summed E-state index contributed by atoms with van der Waals surface area (Å²) >= 11 is 0. The summed E-state index contributed by atoms with van der Waals surface area (Å²) in [6, 6.07) is 18.1. The molecule has 7 heteroatoms. The highest BCUT2D eigenvalue weighted by atomic mass is 16.5. The van der Waals surface area contributed by atoms with Crippen molar-refractivity contribution < 1.29 is 23.8 Å². The van der Waals surface area contributed by atoms with Crippen LogP contribution in [0.3, 0.4) is 0 Å². The largest absolute Gasteiger partial charge is 0.497 e. The van der Waals surface area contributed by atoms with Gasteiger partial charge in [-0.1, -0.05) is 6.42 Å². The second-order valence-corrected chi connectivity index (χ2v) is 9.76. The maximum atomic E-state index is 14.0. The number of fused-ring (bicyclic) bond motifs is 5. The van der Waals surface area contributed by atoms with Crippen LogP contribution in [0.1, 0.15) is 45.5 Å². The number of rotatable bonds is 8. The summed E-state index contributed by atoms with van der Waals surface area (Å²) < 4.78 is 18.4. The van der Waals surface area contributed by atoms with Gasteiger partial charge < -0.3 is 14.2 Å². The third-order valence-electron chi connectivity index (χ3n) is 7.56. The number of nitrogens with zero attached hydrogens (tertiary/aromatic N) is 2. The predicted octanol–water partition coefficient (Wildman–Crippen LogP) is 5.42. The van der Waals surface area contributed by atoms with E-state index in [4.69, 9.17) is 14.2 Å². The van der Waals surface area contributed by atoms with Crippen molar-refractivity contribution in [2.75, 3.05) is 40.5 Å². The Morgan fingerprint density at radius 3 is 2.24 bits per heavy atom. The molecule has 0 amide bonds.